The van der Waals surface area contributed by atoms with Crippen molar-refractivity contribution in [3.05, 3.63) is 59.6 Å². The SMILES string of the molecule is CC(=O)c1ccc(-c2cc(CO)on2)cc1N=C(CCCCC(=O)O)C(C)C(C)C1C=CC(F)=CC1. The van der Waals surface area contributed by atoms with E-state index in [9.17, 15) is 19.1 Å². The number of aliphatic imine (C=N–C) groups is 1. The third-order valence-corrected chi connectivity index (χ3v) is 6.80. The minimum Gasteiger partial charge on any atom is -0.481 e. The van der Waals surface area contributed by atoms with Gasteiger partial charge in [0.1, 0.15) is 18.1 Å². The van der Waals surface area contributed by atoms with Crippen LogP contribution in [-0.4, -0.2) is 32.8 Å². The molecule has 3 atom stereocenters. The Balaban J connectivity index is 1.97. The average Bonchev–Trinajstić information content (AvgIpc) is 3.34. The van der Waals surface area contributed by atoms with Gasteiger partial charge in [0, 0.05) is 29.3 Å². The summed E-state index contributed by atoms with van der Waals surface area (Å²) in [6, 6.07) is 6.89. The molecule has 0 saturated carbocycles. The van der Waals surface area contributed by atoms with Gasteiger partial charge in [0.2, 0.25) is 0 Å². The number of allylic oxidation sites excluding steroid dienone is 4. The second-order valence-corrected chi connectivity index (χ2v) is 9.32. The number of hydrogen-bond acceptors (Lipinski definition) is 6. The highest BCUT2D eigenvalue weighted by molar-refractivity contribution is 6.01. The number of benzene rings is 1. The predicted molar refractivity (Wildman–Crippen MR) is 136 cm³/mol. The van der Waals surface area contributed by atoms with Gasteiger partial charge in [-0.3, -0.25) is 14.6 Å². The van der Waals surface area contributed by atoms with Crippen LogP contribution in [-0.2, 0) is 11.4 Å². The third kappa shape index (κ3) is 7.07. The molecule has 8 heteroatoms. The Bertz CT molecular complexity index is 1180. The van der Waals surface area contributed by atoms with Crippen LogP contribution in [0.25, 0.3) is 11.3 Å². The summed E-state index contributed by atoms with van der Waals surface area (Å²) >= 11 is 0. The van der Waals surface area contributed by atoms with Crippen molar-refractivity contribution < 1.29 is 28.7 Å². The lowest BCUT2D eigenvalue weighted by Gasteiger charge is -2.29. The molecule has 1 heterocycles. The molecule has 3 unspecified atom stereocenters. The molecule has 3 rings (SSSR count). The van der Waals surface area contributed by atoms with Crippen molar-refractivity contribution in [3.8, 4) is 11.3 Å². The van der Waals surface area contributed by atoms with Crippen LogP contribution in [0.5, 0.6) is 0 Å². The van der Waals surface area contributed by atoms with Crippen LogP contribution in [0.3, 0.4) is 0 Å². The van der Waals surface area contributed by atoms with Gasteiger partial charge < -0.3 is 14.7 Å². The maximum Gasteiger partial charge on any atom is 0.303 e. The number of carbonyl (C=O) groups excluding carboxylic acids is 1. The summed E-state index contributed by atoms with van der Waals surface area (Å²) in [6.45, 7) is 5.40. The molecule has 2 aromatic rings. The van der Waals surface area contributed by atoms with Crippen molar-refractivity contribution >= 4 is 23.2 Å². The van der Waals surface area contributed by atoms with Crippen molar-refractivity contribution in [2.24, 2.45) is 22.7 Å². The van der Waals surface area contributed by atoms with E-state index in [1.807, 2.05) is 6.08 Å². The number of Topliss-reactive ketones (excluding diaryl/α,β-unsaturated/α-hetero) is 1. The van der Waals surface area contributed by atoms with E-state index in [-0.39, 0.29) is 42.4 Å². The van der Waals surface area contributed by atoms with Crippen LogP contribution in [0.15, 0.2) is 57.8 Å². The molecule has 7 nitrogen and oxygen atoms in total. The number of aromatic nitrogens is 1. The molecule has 192 valence electrons. The molecule has 1 aromatic heterocycles. The first kappa shape index (κ1) is 27.2. The van der Waals surface area contributed by atoms with Crippen LogP contribution in [0, 0.1) is 17.8 Å². The van der Waals surface area contributed by atoms with Crippen LogP contribution >= 0.6 is 0 Å². The second kappa shape index (κ2) is 12.5. The highest BCUT2D eigenvalue weighted by Crippen LogP contribution is 2.34. The zero-order valence-electron chi connectivity index (χ0n) is 20.9. The summed E-state index contributed by atoms with van der Waals surface area (Å²) in [5, 5.41) is 22.3. The largest absolute Gasteiger partial charge is 0.481 e. The number of ketones is 1. The number of aliphatic carboxylic acids is 1. The molecule has 0 spiro atoms. The summed E-state index contributed by atoms with van der Waals surface area (Å²) in [5.41, 5.74) is 3.06. The molecule has 1 aliphatic rings. The molecule has 0 bridgehead atoms. The Morgan fingerprint density at radius 3 is 2.58 bits per heavy atom. The third-order valence-electron chi connectivity index (χ3n) is 6.80. The smallest absolute Gasteiger partial charge is 0.303 e. The Kier molecular flexibility index (Phi) is 9.47. The Morgan fingerprint density at radius 1 is 1.22 bits per heavy atom. The lowest BCUT2D eigenvalue weighted by atomic mass is 9.77. The van der Waals surface area contributed by atoms with Gasteiger partial charge in [-0.2, -0.15) is 0 Å². The van der Waals surface area contributed by atoms with Crippen molar-refractivity contribution in [3.63, 3.8) is 0 Å². The van der Waals surface area contributed by atoms with Gasteiger partial charge in [0.05, 0.1) is 5.69 Å². The van der Waals surface area contributed by atoms with E-state index in [2.05, 4.69) is 19.0 Å². The van der Waals surface area contributed by atoms with Crippen molar-refractivity contribution in [1.82, 2.24) is 5.16 Å². The minimum absolute atomic E-state index is 0.00976. The lowest BCUT2D eigenvalue weighted by molar-refractivity contribution is -0.137. The summed E-state index contributed by atoms with van der Waals surface area (Å²) < 4.78 is 18.6. The van der Waals surface area contributed by atoms with E-state index in [0.29, 0.717) is 54.0 Å². The molecule has 0 aliphatic heterocycles. The first-order valence-corrected chi connectivity index (χ1v) is 12.2. The van der Waals surface area contributed by atoms with Crippen molar-refractivity contribution in [2.45, 2.75) is 59.5 Å². The van der Waals surface area contributed by atoms with E-state index < -0.39 is 5.97 Å². The summed E-state index contributed by atoms with van der Waals surface area (Å²) in [5.74, 6) is -0.553. The summed E-state index contributed by atoms with van der Waals surface area (Å²) in [6.07, 6.45) is 7.42. The monoisotopic (exact) mass is 496 g/mol. The topological polar surface area (TPSA) is 113 Å². The van der Waals surface area contributed by atoms with Crippen LogP contribution < -0.4 is 0 Å². The molecular weight excluding hydrogens is 463 g/mol. The van der Waals surface area contributed by atoms with Gasteiger partial charge in [0.25, 0.3) is 0 Å². The first-order valence-electron chi connectivity index (χ1n) is 12.2. The Morgan fingerprint density at radius 2 is 1.97 bits per heavy atom. The number of hydrogen-bond donors (Lipinski definition) is 2. The molecule has 36 heavy (non-hydrogen) atoms. The quantitative estimate of drug-likeness (QED) is 0.198. The molecule has 0 amide bonds. The van der Waals surface area contributed by atoms with E-state index in [0.717, 1.165) is 5.71 Å². The summed E-state index contributed by atoms with van der Waals surface area (Å²) in [7, 11) is 0. The minimum atomic E-state index is -0.836. The zero-order valence-corrected chi connectivity index (χ0v) is 20.9. The summed E-state index contributed by atoms with van der Waals surface area (Å²) in [4.78, 5) is 28.4. The first-order chi connectivity index (χ1) is 17.2. The molecule has 0 radical (unpaired) electrons. The van der Waals surface area contributed by atoms with Gasteiger partial charge >= 0.3 is 5.97 Å². The number of aliphatic hydroxyl groups is 1. The van der Waals surface area contributed by atoms with Crippen LogP contribution in [0.1, 0.15) is 69.0 Å². The van der Waals surface area contributed by atoms with E-state index >= 15 is 0 Å². The van der Waals surface area contributed by atoms with Gasteiger partial charge in [-0.15, -0.1) is 0 Å². The standard InChI is InChI=1S/C28H33FN2O5/c1-17(20-8-11-22(29)12-9-20)18(2)25(6-4-5-7-28(34)35)30-27-14-21(10-13-24(27)19(3)33)26-15-23(16-32)36-31-26/h8,10-15,17-18,20,32H,4-7,9,16H2,1-3H3,(H,34,35). The van der Waals surface area contributed by atoms with Gasteiger partial charge in [-0.05, 0) is 74.6 Å². The highest BCUT2D eigenvalue weighted by Gasteiger charge is 2.26. The number of unbranched alkanes of at least 4 members (excludes halogenated alkanes) is 1. The molecule has 1 aliphatic carbocycles. The zero-order chi connectivity index (χ0) is 26.2. The van der Waals surface area contributed by atoms with E-state index in [1.165, 1.54) is 13.0 Å². The fourth-order valence-corrected chi connectivity index (χ4v) is 4.40. The number of carboxylic acid groups (broad SMARTS) is 1. The lowest BCUT2D eigenvalue weighted by Crippen LogP contribution is -2.25. The van der Waals surface area contributed by atoms with Crippen molar-refractivity contribution in [1.29, 1.82) is 0 Å². The van der Waals surface area contributed by atoms with Gasteiger partial charge in [0.15, 0.2) is 11.5 Å². The Labute approximate surface area is 210 Å². The molecule has 1 aromatic carbocycles. The maximum atomic E-state index is 13.5. The average molecular weight is 497 g/mol. The van der Waals surface area contributed by atoms with E-state index in [4.69, 9.17) is 14.6 Å². The predicted octanol–water partition coefficient (Wildman–Crippen LogP) is 6.46. The number of rotatable bonds is 12. The normalized spacial score (nSPS) is 17.5. The molecule has 0 saturated heterocycles. The number of halogens is 1. The Hall–Kier alpha value is -3.39. The fraction of sp³-hybridized carbons (Fsp3) is 0.429. The fourth-order valence-electron chi connectivity index (χ4n) is 4.40. The van der Waals surface area contributed by atoms with Gasteiger partial charge in [-0.25, -0.2) is 4.39 Å². The molecule has 2 N–H and O–H groups in total. The number of carboxylic acids is 1. The highest BCUT2D eigenvalue weighted by atomic mass is 19.1. The number of nitrogens with zero attached hydrogens (tertiary/aromatic N) is 2. The van der Waals surface area contributed by atoms with E-state index in [1.54, 1.807) is 30.3 Å². The molecule has 0 fully saturated rings. The van der Waals surface area contributed by atoms with Crippen LogP contribution in [0.4, 0.5) is 10.1 Å². The molecular formula is C28H33FN2O5. The maximum absolute atomic E-state index is 13.5. The van der Waals surface area contributed by atoms with Gasteiger partial charge in [-0.1, -0.05) is 31.1 Å². The number of aliphatic hydroxyl groups excluding tert-OH is 1. The number of carbonyl (C=O) groups is 2. The second-order valence-electron chi connectivity index (χ2n) is 9.32. The van der Waals surface area contributed by atoms with Crippen molar-refractivity contribution in [2.75, 3.05) is 0 Å². The van der Waals surface area contributed by atoms with Crippen LogP contribution in [0.2, 0.25) is 0 Å².